The molecule has 1 N–H and O–H groups in total. The lowest BCUT2D eigenvalue weighted by Gasteiger charge is -2.42. The fourth-order valence-corrected chi connectivity index (χ4v) is 5.56. The van der Waals surface area contributed by atoms with Crippen molar-refractivity contribution in [1.29, 1.82) is 0 Å². The molecule has 2 fully saturated rings. The number of likely N-dealkylation sites (tertiary alicyclic amines) is 1. The molecule has 4 heterocycles. The first-order chi connectivity index (χ1) is 17.6. The third-order valence-electron chi connectivity index (χ3n) is 7.72. The second kappa shape index (κ2) is 8.78. The number of rotatable bonds is 6. The molecule has 1 aromatic heterocycles. The van der Waals surface area contributed by atoms with E-state index in [-0.39, 0.29) is 42.7 Å². The van der Waals surface area contributed by atoms with Gasteiger partial charge >= 0.3 is 6.18 Å². The molecule has 0 aliphatic carbocycles. The van der Waals surface area contributed by atoms with E-state index in [9.17, 15) is 22.7 Å². The Morgan fingerprint density at radius 2 is 1.95 bits per heavy atom. The van der Waals surface area contributed by atoms with Gasteiger partial charge in [0.25, 0.3) is 0 Å². The van der Waals surface area contributed by atoms with E-state index in [2.05, 4.69) is 10.2 Å². The van der Waals surface area contributed by atoms with Gasteiger partial charge in [-0.25, -0.2) is 4.39 Å². The molecule has 11 heteroatoms. The van der Waals surface area contributed by atoms with Crippen molar-refractivity contribution in [2.24, 2.45) is 7.05 Å². The number of alkyl halides is 4. The highest BCUT2D eigenvalue weighted by molar-refractivity contribution is 5.58. The molecule has 1 atom stereocenters. The predicted octanol–water partition coefficient (Wildman–Crippen LogP) is 3.51. The maximum atomic E-state index is 14.1. The number of halogens is 4. The molecule has 196 valence electrons. The first kappa shape index (κ1) is 24.3. The number of aromatic nitrogens is 3. The average molecular weight is 518 g/mol. The van der Waals surface area contributed by atoms with Gasteiger partial charge in [0.1, 0.15) is 18.3 Å². The molecule has 0 spiro atoms. The van der Waals surface area contributed by atoms with Crippen LogP contribution in [-0.2, 0) is 42.9 Å². The molecule has 2 saturated heterocycles. The summed E-state index contributed by atoms with van der Waals surface area (Å²) in [5, 5.41) is 19.4. The Morgan fingerprint density at radius 3 is 2.57 bits per heavy atom. The van der Waals surface area contributed by atoms with Crippen LogP contribution in [0.3, 0.4) is 0 Å². The van der Waals surface area contributed by atoms with Gasteiger partial charge in [0, 0.05) is 56.3 Å². The maximum absolute atomic E-state index is 14.1. The smallest absolute Gasteiger partial charge is 0.379 e. The average Bonchev–Trinajstić information content (AvgIpc) is 3.36. The minimum Gasteiger partial charge on any atom is -0.379 e. The Hall–Kier alpha value is -3.02. The maximum Gasteiger partial charge on any atom is 0.416 e. The highest BCUT2D eigenvalue weighted by atomic mass is 19.4. The molecule has 3 aliphatic rings. The van der Waals surface area contributed by atoms with Gasteiger partial charge in [0.05, 0.1) is 18.8 Å². The van der Waals surface area contributed by atoms with E-state index in [1.165, 1.54) is 0 Å². The molecule has 2 aromatic carbocycles. The number of hydrogen-bond acceptors (Lipinski definition) is 6. The van der Waals surface area contributed by atoms with Crippen LogP contribution >= 0.6 is 0 Å². The fourth-order valence-electron chi connectivity index (χ4n) is 5.56. The number of aliphatic hydroxyl groups is 1. The van der Waals surface area contributed by atoms with Crippen LogP contribution in [0.2, 0.25) is 0 Å². The van der Waals surface area contributed by atoms with E-state index in [0.29, 0.717) is 30.9 Å². The Morgan fingerprint density at radius 1 is 1.16 bits per heavy atom. The highest BCUT2D eigenvalue weighted by Crippen LogP contribution is 2.45. The van der Waals surface area contributed by atoms with Crippen molar-refractivity contribution in [3.63, 3.8) is 0 Å². The zero-order valence-electron chi connectivity index (χ0n) is 20.2. The first-order valence-electron chi connectivity index (χ1n) is 12.2. The zero-order chi connectivity index (χ0) is 25.9. The molecular weight excluding hydrogens is 490 g/mol. The molecule has 6 rings (SSSR count). The summed E-state index contributed by atoms with van der Waals surface area (Å²) in [6.07, 6.45) is -4.50. The molecule has 7 nitrogen and oxygen atoms in total. The molecule has 1 unspecified atom stereocenters. The van der Waals surface area contributed by atoms with Crippen LogP contribution in [0.25, 0.3) is 0 Å². The highest BCUT2D eigenvalue weighted by Gasteiger charge is 2.43. The van der Waals surface area contributed by atoms with Crippen LogP contribution < -0.4 is 4.90 Å². The van der Waals surface area contributed by atoms with Crippen molar-refractivity contribution in [1.82, 2.24) is 19.7 Å². The standard InChI is InChI=1S/C26H27F4N5O2/c1-33-15-31-32-23(33)8-25(13-37-14-25)17-3-2-4-19(7-17)35-12-21-20(24(35)36)5-16(6-22(21)26(28,29)30)9-34-10-18(27)11-34/h2-7,15,18,24,36H,8-14H2,1H3. The Bertz CT molecular complexity index is 1320. The summed E-state index contributed by atoms with van der Waals surface area (Å²) in [5.41, 5.74) is 1.25. The lowest BCUT2D eigenvalue weighted by molar-refractivity contribution is -0.138. The van der Waals surface area contributed by atoms with Crippen molar-refractivity contribution >= 4 is 5.69 Å². The number of fused-ring (bicyclic) bond motifs is 1. The lowest BCUT2D eigenvalue weighted by Crippen LogP contribution is -2.49. The van der Waals surface area contributed by atoms with Crippen molar-refractivity contribution in [2.75, 3.05) is 31.2 Å². The summed E-state index contributed by atoms with van der Waals surface area (Å²) in [4.78, 5) is 3.34. The van der Waals surface area contributed by atoms with Gasteiger partial charge in [-0.15, -0.1) is 10.2 Å². The summed E-state index contributed by atoms with van der Waals surface area (Å²) in [6.45, 7) is 1.54. The number of nitrogens with zero attached hydrogens (tertiary/aromatic N) is 5. The SMILES string of the molecule is Cn1cnnc1CC1(c2cccc(N3Cc4c(cc(CN5CC(F)C5)cc4C(F)(F)F)C3O)c2)COC1. The van der Waals surface area contributed by atoms with E-state index in [4.69, 9.17) is 4.74 Å². The lowest BCUT2D eigenvalue weighted by atomic mass is 9.75. The third-order valence-corrected chi connectivity index (χ3v) is 7.72. The van der Waals surface area contributed by atoms with Gasteiger partial charge < -0.3 is 19.3 Å². The van der Waals surface area contributed by atoms with Crippen LogP contribution in [0.4, 0.5) is 23.2 Å². The van der Waals surface area contributed by atoms with Gasteiger partial charge in [-0.1, -0.05) is 12.1 Å². The quantitative estimate of drug-likeness (QED) is 0.505. The number of aliphatic hydroxyl groups excluding tert-OH is 1. The van der Waals surface area contributed by atoms with Crippen molar-refractivity contribution in [3.05, 3.63) is 76.4 Å². The van der Waals surface area contributed by atoms with Crippen molar-refractivity contribution in [3.8, 4) is 0 Å². The predicted molar refractivity (Wildman–Crippen MR) is 126 cm³/mol. The summed E-state index contributed by atoms with van der Waals surface area (Å²) in [5.74, 6) is 0.811. The van der Waals surface area contributed by atoms with Crippen LogP contribution in [0.1, 0.15) is 39.9 Å². The fraction of sp³-hybridized carbons (Fsp3) is 0.462. The Labute approximate surface area is 211 Å². The second-order valence-electron chi connectivity index (χ2n) is 10.4. The first-order valence-corrected chi connectivity index (χ1v) is 12.2. The van der Waals surface area contributed by atoms with Crippen LogP contribution in [0.5, 0.6) is 0 Å². The number of benzene rings is 2. The molecule has 0 saturated carbocycles. The van der Waals surface area contributed by atoms with Gasteiger partial charge in [-0.05, 0) is 41.0 Å². The molecule has 0 bridgehead atoms. The van der Waals surface area contributed by atoms with Crippen molar-refractivity contribution in [2.45, 2.75) is 43.5 Å². The largest absolute Gasteiger partial charge is 0.416 e. The van der Waals surface area contributed by atoms with Crippen LogP contribution in [0, 0.1) is 0 Å². The molecule has 3 aromatic rings. The van der Waals surface area contributed by atoms with E-state index < -0.39 is 24.1 Å². The number of hydrogen-bond donors (Lipinski definition) is 1. The second-order valence-corrected chi connectivity index (χ2v) is 10.4. The molecule has 37 heavy (non-hydrogen) atoms. The summed E-state index contributed by atoms with van der Waals surface area (Å²) in [7, 11) is 1.88. The molecular formula is C26H27F4N5O2. The van der Waals surface area contributed by atoms with Gasteiger partial charge in [-0.3, -0.25) is 4.90 Å². The van der Waals surface area contributed by atoms with Gasteiger partial charge in [-0.2, -0.15) is 13.2 Å². The third kappa shape index (κ3) is 4.28. The Balaban J connectivity index is 1.31. The van der Waals surface area contributed by atoms with Crippen molar-refractivity contribution < 1.29 is 27.4 Å². The topological polar surface area (TPSA) is 66.7 Å². The van der Waals surface area contributed by atoms with E-state index >= 15 is 0 Å². The number of ether oxygens (including phenoxy) is 1. The molecule has 3 aliphatic heterocycles. The van der Waals surface area contributed by atoms with Crippen LogP contribution in [-0.4, -0.2) is 57.2 Å². The zero-order valence-corrected chi connectivity index (χ0v) is 20.2. The minimum absolute atomic E-state index is 0.0712. The molecule has 0 amide bonds. The molecule has 0 radical (unpaired) electrons. The minimum atomic E-state index is -4.57. The number of anilines is 1. The van der Waals surface area contributed by atoms with E-state index in [1.54, 1.807) is 28.3 Å². The summed E-state index contributed by atoms with van der Waals surface area (Å²) >= 11 is 0. The van der Waals surface area contributed by atoms with E-state index in [1.807, 2.05) is 29.8 Å². The van der Waals surface area contributed by atoms with Gasteiger partial charge in [0.15, 0.2) is 6.23 Å². The Kier molecular flexibility index (Phi) is 5.77. The summed E-state index contributed by atoms with van der Waals surface area (Å²) < 4.78 is 62.9. The monoisotopic (exact) mass is 517 g/mol. The number of aryl methyl sites for hydroxylation is 1. The summed E-state index contributed by atoms with van der Waals surface area (Å²) in [6, 6.07) is 10.3. The van der Waals surface area contributed by atoms with Crippen LogP contribution in [0.15, 0.2) is 42.7 Å². The normalized spacial score (nSPS) is 21.6. The van der Waals surface area contributed by atoms with E-state index in [0.717, 1.165) is 17.5 Å². The van der Waals surface area contributed by atoms with Gasteiger partial charge in [0.2, 0.25) is 0 Å².